The molecule has 1 saturated carbocycles. The molecule has 0 N–H and O–H groups in total. The quantitative estimate of drug-likeness (QED) is 0.793. The zero-order valence-electron chi connectivity index (χ0n) is 14.7. The van der Waals surface area contributed by atoms with Gasteiger partial charge in [-0.3, -0.25) is 0 Å². The molecule has 0 atom stereocenters. The second-order valence-corrected chi connectivity index (χ2v) is 7.07. The van der Waals surface area contributed by atoms with Gasteiger partial charge in [0, 0.05) is 31.1 Å². The molecule has 1 saturated heterocycles. The highest BCUT2D eigenvalue weighted by molar-refractivity contribution is 5.39. The summed E-state index contributed by atoms with van der Waals surface area (Å²) < 4.78 is 44.1. The maximum absolute atomic E-state index is 12.8. The van der Waals surface area contributed by atoms with E-state index in [9.17, 15) is 13.2 Å². The topological polar surface area (TPSA) is 64.0 Å². The van der Waals surface area contributed by atoms with E-state index in [1.54, 1.807) is 0 Å². The first-order chi connectivity index (χ1) is 13.0. The van der Waals surface area contributed by atoms with E-state index in [0.29, 0.717) is 43.2 Å². The van der Waals surface area contributed by atoms with Crippen LogP contribution in [-0.2, 0) is 6.18 Å². The lowest BCUT2D eigenvalue weighted by molar-refractivity contribution is -0.141. The van der Waals surface area contributed by atoms with E-state index in [4.69, 9.17) is 4.74 Å². The van der Waals surface area contributed by atoms with E-state index in [2.05, 4.69) is 20.2 Å². The van der Waals surface area contributed by atoms with E-state index in [1.165, 1.54) is 12.8 Å². The third-order valence-corrected chi connectivity index (χ3v) is 5.00. The SMILES string of the molecule is FC(F)(F)c1cc(N2CCC(COc3ccc(C4CC4)nn3)CC2)ncn1. The number of nitrogens with zero attached hydrogens (tertiary/aromatic N) is 5. The number of alkyl halides is 3. The maximum Gasteiger partial charge on any atom is 0.433 e. The van der Waals surface area contributed by atoms with Gasteiger partial charge in [-0.05, 0) is 37.7 Å². The molecule has 1 aliphatic carbocycles. The molecule has 0 unspecified atom stereocenters. The van der Waals surface area contributed by atoms with Crippen LogP contribution >= 0.6 is 0 Å². The van der Waals surface area contributed by atoms with Crippen molar-refractivity contribution in [1.29, 1.82) is 0 Å². The molecule has 6 nitrogen and oxygen atoms in total. The zero-order chi connectivity index (χ0) is 18.9. The van der Waals surface area contributed by atoms with E-state index < -0.39 is 11.9 Å². The maximum atomic E-state index is 12.8. The van der Waals surface area contributed by atoms with Gasteiger partial charge in [-0.2, -0.15) is 18.3 Å². The van der Waals surface area contributed by atoms with Crippen molar-refractivity contribution in [2.75, 3.05) is 24.6 Å². The van der Waals surface area contributed by atoms with Crippen molar-refractivity contribution in [3.05, 3.63) is 35.9 Å². The highest BCUT2D eigenvalue weighted by Gasteiger charge is 2.33. The molecule has 27 heavy (non-hydrogen) atoms. The second-order valence-electron chi connectivity index (χ2n) is 7.07. The zero-order valence-corrected chi connectivity index (χ0v) is 14.7. The summed E-state index contributed by atoms with van der Waals surface area (Å²) >= 11 is 0. The minimum atomic E-state index is -4.46. The summed E-state index contributed by atoms with van der Waals surface area (Å²) in [5, 5.41) is 8.31. The highest BCUT2D eigenvalue weighted by atomic mass is 19.4. The van der Waals surface area contributed by atoms with Crippen molar-refractivity contribution in [3.63, 3.8) is 0 Å². The molecule has 2 aromatic rings. The Morgan fingerprint density at radius 3 is 2.44 bits per heavy atom. The fraction of sp³-hybridized carbons (Fsp3) is 0.556. The molecule has 2 aliphatic rings. The van der Waals surface area contributed by atoms with Gasteiger partial charge in [-0.1, -0.05) is 0 Å². The minimum Gasteiger partial charge on any atom is -0.476 e. The van der Waals surface area contributed by atoms with Crippen LogP contribution in [0.3, 0.4) is 0 Å². The lowest BCUT2D eigenvalue weighted by Crippen LogP contribution is -2.36. The summed E-state index contributed by atoms with van der Waals surface area (Å²) in [6, 6.07) is 4.83. The van der Waals surface area contributed by atoms with Gasteiger partial charge in [0.15, 0.2) is 0 Å². The lowest BCUT2D eigenvalue weighted by atomic mass is 9.98. The van der Waals surface area contributed by atoms with Crippen LogP contribution in [-0.4, -0.2) is 39.9 Å². The molecule has 0 radical (unpaired) electrons. The minimum absolute atomic E-state index is 0.318. The number of aromatic nitrogens is 4. The summed E-state index contributed by atoms with van der Waals surface area (Å²) in [5.41, 5.74) is 0.116. The Morgan fingerprint density at radius 1 is 1.04 bits per heavy atom. The molecule has 0 bridgehead atoms. The average molecular weight is 379 g/mol. The Labute approximate surface area is 154 Å². The normalized spacial score (nSPS) is 18.6. The summed E-state index contributed by atoms with van der Waals surface area (Å²) in [6.07, 6.45) is 0.518. The molecule has 0 spiro atoms. The van der Waals surface area contributed by atoms with Crippen molar-refractivity contribution in [1.82, 2.24) is 20.2 Å². The standard InChI is InChI=1S/C18H20F3N5O/c19-18(20,21)15-9-16(23-11-22-15)26-7-5-12(6-8-26)10-27-17-4-3-14(24-25-17)13-1-2-13/h3-4,9,11-13H,1-2,5-8,10H2. The molecule has 2 fully saturated rings. The monoisotopic (exact) mass is 379 g/mol. The van der Waals surface area contributed by atoms with Crippen molar-refractivity contribution in [2.24, 2.45) is 5.92 Å². The van der Waals surface area contributed by atoms with Crippen molar-refractivity contribution in [2.45, 2.75) is 37.8 Å². The first-order valence-electron chi connectivity index (χ1n) is 9.09. The summed E-state index contributed by atoms with van der Waals surface area (Å²) in [6.45, 7) is 1.80. The van der Waals surface area contributed by atoms with Crippen LogP contribution in [0.4, 0.5) is 19.0 Å². The number of hydrogen-bond acceptors (Lipinski definition) is 6. The number of piperidine rings is 1. The predicted molar refractivity (Wildman–Crippen MR) is 91.5 cm³/mol. The Balaban J connectivity index is 1.27. The molecule has 3 heterocycles. The number of hydrogen-bond donors (Lipinski definition) is 0. The van der Waals surface area contributed by atoms with Crippen LogP contribution in [0.2, 0.25) is 0 Å². The number of ether oxygens (including phenoxy) is 1. The van der Waals surface area contributed by atoms with Crippen molar-refractivity contribution < 1.29 is 17.9 Å². The molecule has 2 aromatic heterocycles. The molecule has 1 aliphatic heterocycles. The van der Waals surface area contributed by atoms with Crippen LogP contribution in [0.1, 0.15) is 43.0 Å². The van der Waals surface area contributed by atoms with Gasteiger partial charge in [-0.15, -0.1) is 5.10 Å². The Bertz CT molecular complexity index is 771. The van der Waals surface area contributed by atoms with Gasteiger partial charge >= 0.3 is 6.18 Å². The predicted octanol–water partition coefficient (Wildman–Crippen LogP) is 3.46. The van der Waals surface area contributed by atoms with E-state index in [-0.39, 0.29) is 0 Å². The van der Waals surface area contributed by atoms with E-state index in [0.717, 1.165) is 30.9 Å². The molecular formula is C18H20F3N5O. The lowest BCUT2D eigenvalue weighted by Gasteiger charge is -2.32. The van der Waals surface area contributed by atoms with Gasteiger partial charge < -0.3 is 9.64 Å². The third-order valence-electron chi connectivity index (χ3n) is 5.00. The van der Waals surface area contributed by atoms with Crippen molar-refractivity contribution in [3.8, 4) is 5.88 Å². The molecule has 4 rings (SSSR count). The van der Waals surface area contributed by atoms with E-state index in [1.807, 2.05) is 17.0 Å². The fourth-order valence-electron chi connectivity index (χ4n) is 3.21. The number of rotatable bonds is 5. The molecular weight excluding hydrogens is 359 g/mol. The third kappa shape index (κ3) is 4.45. The highest BCUT2D eigenvalue weighted by Crippen LogP contribution is 2.38. The summed E-state index contributed by atoms with van der Waals surface area (Å²) in [4.78, 5) is 9.16. The summed E-state index contributed by atoms with van der Waals surface area (Å²) in [7, 11) is 0. The summed E-state index contributed by atoms with van der Waals surface area (Å²) in [5.74, 6) is 1.73. The van der Waals surface area contributed by atoms with Gasteiger partial charge in [0.2, 0.25) is 5.88 Å². The molecule has 0 aromatic carbocycles. The van der Waals surface area contributed by atoms with Gasteiger partial charge in [0.25, 0.3) is 0 Å². The van der Waals surface area contributed by atoms with Crippen LogP contribution in [0.5, 0.6) is 5.88 Å². The molecule has 0 amide bonds. The van der Waals surface area contributed by atoms with E-state index >= 15 is 0 Å². The number of anilines is 1. The van der Waals surface area contributed by atoms with Crippen LogP contribution in [0.25, 0.3) is 0 Å². The largest absolute Gasteiger partial charge is 0.476 e. The average Bonchev–Trinajstić information content (AvgIpc) is 3.52. The van der Waals surface area contributed by atoms with Crippen LogP contribution in [0, 0.1) is 5.92 Å². The second kappa shape index (κ2) is 7.28. The van der Waals surface area contributed by atoms with Gasteiger partial charge in [0.05, 0.1) is 12.3 Å². The van der Waals surface area contributed by atoms with Crippen LogP contribution in [0.15, 0.2) is 24.5 Å². The Hall–Kier alpha value is -2.45. The van der Waals surface area contributed by atoms with Gasteiger partial charge in [-0.25, -0.2) is 9.97 Å². The van der Waals surface area contributed by atoms with Crippen molar-refractivity contribution >= 4 is 5.82 Å². The first kappa shape index (κ1) is 17.9. The Kier molecular flexibility index (Phi) is 4.84. The Morgan fingerprint density at radius 2 is 1.81 bits per heavy atom. The van der Waals surface area contributed by atoms with Gasteiger partial charge in [0.1, 0.15) is 17.8 Å². The molecule has 144 valence electrons. The fourth-order valence-corrected chi connectivity index (χ4v) is 3.21. The number of halogens is 3. The smallest absolute Gasteiger partial charge is 0.433 e. The molecule has 9 heteroatoms. The van der Waals surface area contributed by atoms with Crippen LogP contribution < -0.4 is 9.64 Å². The first-order valence-corrected chi connectivity index (χ1v) is 9.09.